The van der Waals surface area contributed by atoms with Crippen molar-refractivity contribution in [1.82, 2.24) is 25.7 Å². The van der Waals surface area contributed by atoms with Gasteiger partial charge in [-0.3, -0.25) is 14.3 Å². The molecule has 1 atom stereocenters. The van der Waals surface area contributed by atoms with E-state index in [0.717, 1.165) is 5.56 Å². The summed E-state index contributed by atoms with van der Waals surface area (Å²) in [6, 6.07) is 4.75. The van der Waals surface area contributed by atoms with Gasteiger partial charge in [0, 0.05) is 37.5 Å². The van der Waals surface area contributed by atoms with Crippen LogP contribution >= 0.6 is 12.4 Å². The highest BCUT2D eigenvalue weighted by atomic mass is 35.5. The second kappa shape index (κ2) is 9.75. The first-order chi connectivity index (χ1) is 11.5. The summed E-state index contributed by atoms with van der Waals surface area (Å²) in [4.78, 5) is 24.0. The van der Waals surface area contributed by atoms with Crippen LogP contribution in [0.1, 0.15) is 22.0 Å². The Bertz CT molecular complexity index is 705. The van der Waals surface area contributed by atoms with Gasteiger partial charge in [0.25, 0.3) is 5.91 Å². The molecule has 0 saturated carbocycles. The van der Waals surface area contributed by atoms with Gasteiger partial charge in [0.1, 0.15) is 11.9 Å². The van der Waals surface area contributed by atoms with Crippen molar-refractivity contribution in [2.45, 2.75) is 6.04 Å². The largest absolute Gasteiger partial charge is 0.353 e. The Kier molecular flexibility index (Phi) is 8.03. The maximum atomic E-state index is 12.8. The van der Waals surface area contributed by atoms with Crippen molar-refractivity contribution in [2.75, 3.05) is 20.1 Å². The number of likely N-dealkylation sites (N-methyl/N-ethyl adjacent to an activating group) is 1. The number of hydrogen-bond donors (Lipinski definition) is 3. The third-order valence-electron chi connectivity index (χ3n) is 3.43. The van der Waals surface area contributed by atoms with Gasteiger partial charge in [0.15, 0.2) is 0 Å². The Morgan fingerprint density at radius 3 is 2.40 bits per heavy atom. The Morgan fingerprint density at radius 1 is 1.20 bits per heavy atom. The number of halogens is 2. The highest BCUT2D eigenvalue weighted by Gasteiger charge is 2.19. The molecule has 0 radical (unpaired) electrons. The molecule has 2 amide bonds. The second-order valence-electron chi connectivity index (χ2n) is 5.22. The van der Waals surface area contributed by atoms with E-state index in [9.17, 15) is 14.0 Å². The lowest BCUT2D eigenvalue weighted by Crippen LogP contribution is -2.40. The molecular formula is C16H21ClFN5O2. The SMILES string of the molecule is CNC(C(=O)NCCNC(=O)c1ccc(F)cc1)c1cnn(C)c1.Cl. The van der Waals surface area contributed by atoms with E-state index in [1.807, 2.05) is 0 Å². The topological polar surface area (TPSA) is 88.1 Å². The summed E-state index contributed by atoms with van der Waals surface area (Å²) in [7, 11) is 3.46. The molecule has 0 fully saturated rings. The van der Waals surface area contributed by atoms with E-state index < -0.39 is 11.9 Å². The van der Waals surface area contributed by atoms with Crippen LogP contribution in [-0.4, -0.2) is 41.7 Å². The normalized spacial score (nSPS) is 11.3. The van der Waals surface area contributed by atoms with Gasteiger partial charge in [-0.2, -0.15) is 5.10 Å². The van der Waals surface area contributed by atoms with Gasteiger partial charge in [-0.25, -0.2) is 4.39 Å². The molecule has 25 heavy (non-hydrogen) atoms. The average Bonchev–Trinajstić information content (AvgIpc) is 2.99. The van der Waals surface area contributed by atoms with Crippen molar-refractivity contribution in [2.24, 2.45) is 7.05 Å². The maximum Gasteiger partial charge on any atom is 0.251 e. The molecule has 1 heterocycles. The van der Waals surface area contributed by atoms with E-state index in [4.69, 9.17) is 0 Å². The number of benzene rings is 1. The van der Waals surface area contributed by atoms with Crippen LogP contribution in [0.2, 0.25) is 0 Å². The van der Waals surface area contributed by atoms with Crippen molar-refractivity contribution in [3.05, 3.63) is 53.6 Å². The van der Waals surface area contributed by atoms with Crippen LogP contribution in [0.15, 0.2) is 36.7 Å². The number of nitrogens with zero attached hydrogens (tertiary/aromatic N) is 2. The van der Waals surface area contributed by atoms with Crippen LogP contribution in [0, 0.1) is 5.82 Å². The Balaban J connectivity index is 0.00000312. The minimum atomic E-state index is -0.508. The minimum Gasteiger partial charge on any atom is -0.353 e. The Morgan fingerprint density at radius 2 is 1.84 bits per heavy atom. The number of aryl methyl sites for hydroxylation is 1. The summed E-state index contributed by atoms with van der Waals surface area (Å²) in [5, 5.41) is 12.4. The fourth-order valence-electron chi connectivity index (χ4n) is 2.21. The predicted octanol–water partition coefficient (Wildman–Crippen LogP) is 0.788. The molecule has 0 aliphatic rings. The first-order valence-corrected chi connectivity index (χ1v) is 7.48. The monoisotopic (exact) mass is 369 g/mol. The zero-order valence-corrected chi connectivity index (χ0v) is 14.8. The van der Waals surface area contributed by atoms with E-state index in [-0.39, 0.29) is 37.3 Å². The van der Waals surface area contributed by atoms with Crippen LogP contribution in [-0.2, 0) is 11.8 Å². The molecular weight excluding hydrogens is 349 g/mol. The van der Waals surface area contributed by atoms with E-state index in [1.54, 1.807) is 31.2 Å². The molecule has 0 bridgehead atoms. The summed E-state index contributed by atoms with van der Waals surface area (Å²) in [5.41, 5.74) is 1.12. The lowest BCUT2D eigenvalue weighted by molar-refractivity contribution is -0.123. The Hall–Kier alpha value is -2.45. The highest BCUT2D eigenvalue weighted by Crippen LogP contribution is 2.10. The van der Waals surface area contributed by atoms with Gasteiger partial charge in [-0.05, 0) is 31.3 Å². The van der Waals surface area contributed by atoms with Crippen molar-refractivity contribution in [3.63, 3.8) is 0 Å². The number of carbonyl (C=O) groups excluding carboxylic acids is 2. The molecule has 136 valence electrons. The minimum absolute atomic E-state index is 0. The van der Waals surface area contributed by atoms with E-state index >= 15 is 0 Å². The van der Waals surface area contributed by atoms with Gasteiger partial charge in [0.05, 0.1) is 6.20 Å². The predicted molar refractivity (Wildman–Crippen MR) is 94.0 cm³/mol. The lowest BCUT2D eigenvalue weighted by Gasteiger charge is -2.14. The van der Waals surface area contributed by atoms with Crippen molar-refractivity contribution in [1.29, 1.82) is 0 Å². The number of aromatic nitrogens is 2. The van der Waals surface area contributed by atoms with E-state index in [0.29, 0.717) is 5.56 Å². The molecule has 1 aromatic heterocycles. The van der Waals surface area contributed by atoms with E-state index in [1.165, 1.54) is 24.3 Å². The standard InChI is InChI=1S/C16H20FN5O2.ClH/c1-18-14(12-9-21-22(2)10-12)16(24)20-8-7-19-15(23)11-3-5-13(17)6-4-11;/h3-6,9-10,14,18H,7-8H2,1-2H3,(H,19,23)(H,20,24);1H. The smallest absolute Gasteiger partial charge is 0.251 e. The summed E-state index contributed by atoms with van der Waals surface area (Å²) >= 11 is 0. The second-order valence-corrected chi connectivity index (χ2v) is 5.22. The highest BCUT2D eigenvalue weighted by molar-refractivity contribution is 5.94. The number of rotatable bonds is 7. The molecule has 1 unspecified atom stereocenters. The van der Waals surface area contributed by atoms with Crippen molar-refractivity contribution in [3.8, 4) is 0 Å². The number of amides is 2. The lowest BCUT2D eigenvalue weighted by atomic mass is 10.1. The van der Waals surface area contributed by atoms with Crippen molar-refractivity contribution >= 4 is 24.2 Å². The fraction of sp³-hybridized carbons (Fsp3) is 0.312. The first-order valence-electron chi connectivity index (χ1n) is 7.48. The molecule has 0 aliphatic heterocycles. The zero-order valence-electron chi connectivity index (χ0n) is 14.0. The summed E-state index contributed by atoms with van der Waals surface area (Å²) in [6.07, 6.45) is 3.38. The van der Waals surface area contributed by atoms with Crippen LogP contribution in [0.3, 0.4) is 0 Å². The zero-order chi connectivity index (χ0) is 17.5. The van der Waals surface area contributed by atoms with E-state index in [2.05, 4.69) is 21.0 Å². The molecule has 2 rings (SSSR count). The summed E-state index contributed by atoms with van der Waals surface area (Å²) < 4.78 is 14.4. The van der Waals surface area contributed by atoms with Crippen LogP contribution in [0.4, 0.5) is 4.39 Å². The van der Waals surface area contributed by atoms with Gasteiger partial charge in [0.2, 0.25) is 5.91 Å². The molecule has 1 aromatic carbocycles. The summed E-state index contributed by atoms with van der Waals surface area (Å²) in [6.45, 7) is 0.551. The fourth-order valence-corrected chi connectivity index (χ4v) is 2.21. The van der Waals surface area contributed by atoms with Gasteiger partial charge in [-0.1, -0.05) is 0 Å². The average molecular weight is 370 g/mol. The molecule has 7 nitrogen and oxygen atoms in total. The number of hydrogen-bond acceptors (Lipinski definition) is 4. The first kappa shape index (κ1) is 20.6. The molecule has 2 aromatic rings. The quantitative estimate of drug-likeness (QED) is 0.630. The number of nitrogens with one attached hydrogen (secondary N) is 3. The molecule has 0 saturated heterocycles. The third kappa shape index (κ3) is 5.84. The summed E-state index contributed by atoms with van der Waals surface area (Å²) in [5.74, 6) is -0.921. The van der Waals surface area contributed by atoms with Crippen molar-refractivity contribution < 1.29 is 14.0 Å². The maximum absolute atomic E-state index is 12.8. The van der Waals surface area contributed by atoms with Gasteiger partial charge < -0.3 is 16.0 Å². The molecule has 0 spiro atoms. The Labute approximate surface area is 151 Å². The number of carbonyl (C=O) groups is 2. The van der Waals surface area contributed by atoms with Gasteiger partial charge in [-0.15, -0.1) is 12.4 Å². The van der Waals surface area contributed by atoms with Crippen LogP contribution in [0.5, 0.6) is 0 Å². The van der Waals surface area contributed by atoms with Gasteiger partial charge >= 0.3 is 0 Å². The van der Waals surface area contributed by atoms with Crippen LogP contribution < -0.4 is 16.0 Å². The molecule has 3 N–H and O–H groups in total. The third-order valence-corrected chi connectivity index (χ3v) is 3.43. The molecule has 9 heteroatoms. The van der Waals surface area contributed by atoms with Crippen LogP contribution in [0.25, 0.3) is 0 Å². The molecule has 0 aliphatic carbocycles.